The van der Waals surface area contributed by atoms with Crippen molar-refractivity contribution in [3.8, 4) is 0 Å². The highest BCUT2D eigenvalue weighted by Gasteiger charge is 2.05. The number of ketones is 1. The number of rotatable bonds is 14. The molecule has 0 heterocycles. The summed E-state index contributed by atoms with van der Waals surface area (Å²) in [6, 6.07) is 0. The lowest BCUT2D eigenvalue weighted by molar-refractivity contribution is -0.122. The largest absolute Gasteiger partial charge is 0.299 e. The molecule has 0 aromatic carbocycles. The highest BCUT2D eigenvalue weighted by Crippen LogP contribution is 2.14. The van der Waals surface area contributed by atoms with Crippen LogP contribution >= 0.6 is 0 Å². The van der Waals surface area contributed by atoms with Gasteiger partial charge < -0.3 is 0 Å². The van der Waals surface area contributed by atoms with Crippen LogP contribution in [0.15, 0.2) is 0 Å². The van der Waals surface area contributed by atoms with Crippen molar-refractivity contribution in [2.24, 2.45) is 11.8 Å². The summed E-state index contributed by atoms with van der Waals surface area (Å²) in [5.41, 5.74) is 0. The van der Waals surface area contributed by atoms with Gasteiger partial charge in [0.05, 0.1) is 0 Å². The Morgan fingerprint density at radius 2 is 1.05 bits per heavy atom. The summed E-state index contributed by atoms with van der Waals surface area (Å²) < 4.78 is 0. The lowest BCUT2D eigenvalue weighted by Gasteiger charge is -2.05. The van der Waals surface area contributed by atoms with Crippen molar-refractivity contribution < 1.29 is 4.79 Å². The summed E-state index contributed by atoms with van der Waals surface area (Å²) in [5.74, 6) is 1.54. The summed E-state index contributed by atoms with van der Waals surface area (Å²) in [4.78, 5) is 11.4. The summed E-state index contributed by atoms with van der Waals surface area (Å²) >= 11 is 0. The van der Waals surface area contributed by atoms with Crippen molar-refractivity contribution in [2.75, 3.05) is 0 Å². The number of carbonyl (C=O) groups excluding carboxylic acids is 1. The van der Waals surface area contributed by atoms with E-state index in [1.54, 1.807) is 0 Å². The number of hydrogen-bond acceptors (Lipinski definition) is 1. The predicted molar refractivity (Wildman–Crippen MR) is 90.1 cm³/mol. The third kappa shape index (κ3) is 14.1. The maximum Gasteiger partial charge on any atom is 0.135 e. The van der Waals surface area contributed by atoms with Gasteiger partial charge in [0.1, 0.15) is 5.78 Å². The van der Waals surface area contributed by atoms with Crippen LogP contribution in [0.5, 0.6) is 0 Å². The van der Waals surface area contributed by atoms with Gasteiger partial charge in [-0.05, 0) is 12.3 Å². The molecule has 1 nitrogen and oxygen atoms in total. The lowest BCUT2D eigenvalue weighted by Crippen LogP contribution is -2.05. The van der Waals surface area contributed by atoms with Gasteiger partial charge in [-0.3, -0.25) is 4.79 Å². The normalized spacial score (nSPS) is 11.5. The molecule has 0 saturated heterocycles. The molecule has 0 aliphatic rings. The van der Waals surface area contributed by atoms with Crippen LogP contribution in [0.4, 0.5) is 0 Å². The number of carbonyl (C=O) groups is 1. The Morgan fingerprint density at radius 1 is 0.650 bits per heavy atom. The minimum atomic E-state index is 0.227. The van der Waals surface area contributed by atoms with Crippen LogP contribution < -0.4 is 0 Å². The van der Waals surface area contributed by atoms with E-state index in [9.17, 15) is 4.79 Å². The molecular formula is C19H38O. The van der Waals surface area contributed by atoms with Crippen molar-refractivity contribution in [3.63, 3.8) is 0 Å². The molecule has 0 atom stereocenters. The van der Waals surface area contributed by atoms with Gasteiger partial charge in [-0.25, -0.2) is 0 Å². The molecule has 120 valence electrons. The number of hydrogen-bond donors (Lipinski definition) is 0. The summed E-state index contributed by atoms with van der Waals surface area (Å²) in [6.07, 6.45) is 15.7. The molecule has 0 N–H and O–H groups in total. The molecular weight excluding hydrogens is 244 g/mol. The molecule has 20 heavy (non-hydrogen) atoms. The Hall–Kier alpha value is -0.330. The van der Waals surface area contributed by atoms with Crippen LogP contribution in [-0.4, -0.2) is 5.78 Å². The van der Waals surface area contributed by atoms with Gasteiger partial charge in [-0.2, -0.15) is 0 Å². The van der Waals surface area contributed by atoms with Crippen molar-refractivity contribution in [2.45, 2.75) is 105 Å². The van der Waals surface area contributed by atoms with E-state index in [0.29, 0.717) is 5.78 Å². The molecule has 0 bridgehead atoms. The summed E-state index contributed by atoms with van der Waals surface area (Å²) in [6.45, 7) is 8.64. The monoisotopic (exact) mass is 282 g/mol. The van der Waals surface area contributed by atoms with Crippen LogP contribution in [0, 0.1) is 11.8 Å². The number of Topliss-reactive ketones (excluding diaryl/α,β-unsaturated/α-hetero) is 1. The molecule has 0 rings (SSSR count). The Kier molecular flexibility index (Phi) is 13.4. The van der Waals surface area contributed by atoms with Crippen molar-refractivity contribution in [3.05, 3.63) is 0 Å². The predicted octanol–water partition coefficient (Wildman–Crippen LogP) is 6.55. The first-order valence-electron chi connectivity index (χ1n) is 9.06. The molecule has 0 radical (unpaired) electrons. The van der Waals surface area contributed by atoms with Gasteiger partial charge in [0.2, 0.25) is 0 Å². The fourth-order valence-electron chi connectivity index (χ4n) is 2.55. The fraction of sp³-hybridized carbons (Fsp3) is 0.947. The van der Waals surface area contributed by atoms with Gasteiger partial charge in [0.15, 0.2) is 0 Å². The van der Waals surface area contributed by atoms with Gasteiger partial charge >= 0.3 is 0 Å². The zero-order chi connectivity index (χ0) is 15.2. The van der Waals surface area contributed by atoms with E-state index in [0.717, 1.165) is 18.8 Å². The molecule has 0 aliphatic heterocycles. The first-order chi connectivity index (χ1) is 9.54. The molecule has 0 saturated carbocycles. The lowest BCUT2D eigenvalue weighted by atomic mass is 10.0. The highest BCUT2D eigenvalue weighted by atomic mass is 16.1. The summed E-state index contributed by atoms with van der Waals surface area (Å²) in [5, 5.41) is 0. The topological polar surface area (TPSA) is 17.1 Å². The van der Waals surface area contributed by atoms with Crippen molar-refractivity contribution >= 4 is 5.78 Å². The van der Waals surface area contributed by atoms with Crippen molar-refractivity contribution in [1.29, 1.82) is 0 Å². The van der Waals surface area contributed by atoms with Gasteiger partial charge in [-0.15, -0.1) is 0 Å². The maximum absolute atomic E-state index is 11.4. The molecule has 0 amide bonds. The van der Waals surface area contributed by atoms with E-state index >= 15 is 0 Å². The average molecular weight is 283 g/mol. The first-order valence-corrected chi connectivity index (χ1v) is 9.06. The molecule has 0 aliphatic carbocycles. The smallest absolute Gasteiger partial charge is 0.135 e. The van der Waals surface area contributed by atoms with E-state index in [4.69, 9.17) is 0 Å². The SMILES string of the molecule is CC(C)CCCCCCCCCCCCC(=O)C(C)C. The zero-order valence-corrected chi connectivity index (χ0v) is 14.5. The third-order valence-electron chi connectivity index (χ3n) is 4.10. The highest BCUT2D eigenvalue weighted by molar-refractivity contribution is 5.80. The zero-order valence-electron chi connectivity index (χ0n) is 14.5. The second-order valence-corrected chi connectivity index (χ2v) is 7.09. The average Bonchev–Trinajstić information content (AvgIpc) is 2.39. The van der Waals surface area contributed by atoms with E-state index in [1.165, 1.54) is 64.2 Å². The van der Waals surface area contributed by atoms with Gasteiger partial charge in [0.25, 0.3) is 0 Å². The molecule has 0 fully saturated rings. The standard InChI is InChI=1S/C19H38O/c1-17(2)15-13-11-9-7-5-6-8-10-12-14-16-19(20)18(3)4/h17-18H,5-16H2,1-4H3. The molecule has 0 aromatic rings. The maximum atomic E-state index is 11.4. The quantitative estimate of drug-likeness (QED) is 0.330. The van der Waals surface area contributed by atoms with E-state index in [2.05, 4.69) is 13.8 Å². The first kappa shape index (κ1) is 19.7. The Labute approximate surface area is 127 Å². The van der Waals surface area contributed by atoms with Gasteiger partial charge in [0, 0.05) is 12.3 Å². The molecule has 0 unspecified atom stereocenters. The fourth-order valence-corrected chi connectivity index (χ4v) is 2.55. The second-order valence-electron chi connectivity index (χ2n) is 7.09. The summed E-state index contributed by atoms with van der Waals surface area (Å²) in [7, 11) is 0. The molecule has 0 spiro atoms. The van der Waals surface area contributed by atoms with Crippen LogP contribution in [0.2, 0.25) is 0 Å². The minimum absolute atomic E-state index is 0.227. The van der Waals surface area contributed by atoms with Crippen LogP contribution in [0.3, 0.4) is 0 Å². The Bertz CT molecular complexity index is 218. The van der Waals surface area contributed by atoms with Crippen molar-refractivity contribution in [1.82, 2.24) is 0 Å². The van der Waals surface area contributed by atoms with Crippen LogP contribution in [0.25, 0.3) is 0 Å². The van der Waals surface area contributed by atoms with Crippen LogP contribution in [-0.2, 0) is 4.79 Å². The molecule has 1 heteroatoms. The van der Waals surface area contributed by atoms with E-state index in [1.807, 2.05) is 13.8 Å². The third-order valence-corrected chi connectivity index (χ3v) is 4.10. The molecule has 0 aromatic heterocycles. The Balaban J connectivity index is 3.08. The minimum Gasteiger partial charge on any atom is -0.299 e. The van der Waals surface area contributed by atoms with Crippen LogP contribution in [0.1, 0.15) is 105 Å². The Morgan fingerprint density at radius 3 is 1.45 bits per heavy atom. The number of unbranched alkanes of at least 4 members (excludes halogenated alkanes) is 9. The second kappa shape index (κ2) is 13.6. The van der Waals surface area contributed by atoms with E-state index < -0.39 is 0 Å². The van der Waals surface area contributed by atoms with E-state index in [-0.39, 0.29) is 5.92 Å². The van der Waals surface area contributed by atoms with Gasteiger partial charge in [-0.1, -0.05) is 91.9 Å².